The fourth-order valence-electron chi connectivity index (χ4n) is 1.10. The first-order valence-electron chi connectivity index (χ1n) is 5.54. The SMILES string of the molecule is CCCCOC(=O)NC(C(=O)OC)C(C)C. The molecule has 0 bridgehead atoms. The molecule has 0 aliphatic rings. The third-order valence-electron chi connectivity index (χ3n) is 2.13. The number of rotatable bonds is 6. The van der Waals surface area contributed by atoms with Gasteiger partial charge in [0.1, 0.15) is 6.04 Å². The number of carbonyl (C=O) groups excluding carboxylic acids is 2. The van der Waals surface area contributed by atoms with Gasteiger partial charge < -0.3 is 14.8 Å². The van der Waals surface area contributed by atoms with Gasteiger partial charge in [-0.15, -0.1) is 0 Å². The minimum Gasteiger partial charge on any atom is -0.467 e. The standard InChI is InChI=1S/C11H21NO4/c1-5-6-7-16-11(14)12-9(8(2)3)10(13)15-4/h8-9H,5-7H2,1-4H3,(H,12,14). The third kappa shape index (κ3) is 5.58. The summed E-state index contributed by atoms with van der Waals surface area (Å²) < 4.78 is 9.49. The quantitative estimate of drug-likeness (QED) is 0.558. The molecule has 0 rings (SSSR count). The molecule has 0 fully saturated rings. The Labute approximate surface area is 96.5 Å². The van der Waals surface area contributed by atoms with Crippen LogP contribution in [0.15, 0.2) is 0 Å². The molecule has 16 heavy (non-hydrogen) atoms. The van der Waals surface area contributed by atoms with Crippen molar-refractivity contribution < 1.29 is 19.1 Å². The molecule has 0 heterocycles. The Morgan fingerprint density at radius 2 is 1.94 bits per heavy atom. The van der Waals surface area contributed by atoms with Crippen LogP contribution in [0.25, 0.3) is 0 Å². The van der Waals surface area contributed by atoms with Gasteiger partial charge in [0.15, 0.2) is 0 Å². The van der Waals surface area contributed by atoms with Crippen LogP contribution in [0, 0.1) is 5.92 Å². The summed E-state index contributed by atoms with van der Waals surface area (Å²) in [5.41, 5.74) is 0. The van der Waals surface area contributed by atoms with Crippen LogP contribution in [0.1, 0.15) is 33.6 Å². The van der Waals surface area contributed by atoms with Crippen LogP contribution in [0.5, 0.6) is 0 Å². The summed E-state index contributed by atoms with van der Waals surface area (Å²) in [4.78, 5) is 22.6. The van der Waals surface area contributed by atoms with Crippen LogP contribution in [0.2, 0.25) is 0 Å². The largest absolute Gasteiger partial charge is 0.467 e. The highest BCUT2D eigenvalue weighted by atomic mass is 16.6. The zero-order valence-electron chi connectivity index (χ0n) is 10.4. The minimum absolute atomic E-state index is 0.0359. The number of nitrogens with one attached hydrogen (secondary N) is 1. The zero-order valence-corrected chi connectivity index (χ0v) is 10.4. The predicted octanol–water partition coefficient (Wildman–Crippen LogP) is 1.71. The van der Waals surface area contributed by atoms with E-state index in [1.165, 1.54) is 7.11 Å². The van der Waals surface area contributed by atoms with Crippen molar-refractivity contribution >= 4 is 12.1 Å². The maximum Gasteiger partial charge on any atom is 0.407 e. The molecule has 0 radical (unpaired) electrons. The van der Waals surface area contributed by atoms with Gasteiger partial charge in [-0.25, -0.2) is 9.59 Å². The Hall–Kier alpha value is -1.26. The molecule has 0 spiro atoms. The predicted molar refractivity (Wildman–Crippen MR) is 60.0 cm³/mol. The number of carbonyl (C=O) groups is 2. The first-order chi connectivity index (χ1) is 7.52. The maximum absolute atomic E-state index is 11.3. The Balaban J connectivity index is 4.09. The Bertz CT molecular complexity index is 228. The Morgan fingerprint density at radius 1 is 1.31 bits per heavy atom. The highest BCUT2D eigenvalue weighted by Gasteiger charge is 2.25. The highest BCUT2D eigenvalue weighted by Crippen LogP contribution is 2.04. The van der Waals surface area contributed by atoms with E-state index in [1.807, 2.05) is 20.8 Å². The summed E-state index contributed by atoms with van der Waals surface area (Å²) >= 11 is 0. The van der Waals surface area contributed by atoms with Gasteiger partial charge in [0.2, 0.25) is 0 Å². The summed E-state index contributed by atoms with van der Waals surface area (Å²) in [6.07, 6.45) is 1.20. The van der Waals surface area contributed by atoms with Gasteiger partial charge in [-0.1, -0.05) is 27.2 Å². The van der Waals surface area contributed by atoms with E-state index in [4.69, 9.17) is 4.74 Å². The van der Waals surface area contributed by atoms with Crippen LogP contribution in [0.4, 0.5) is 4.79 Å². The van der Waals surface area contributed by atoms with Crippen LogP contribution >= 0.6 is 0 Å². The number of ether oxygens (including phenoxy) is 2. The first kappa shape index (κ1) is 14.7. The fourth-order valence-corrected chi connectivity index (χ4v) is 1.10. The molecule has 1 N–H and O–H groups in total. The molecule has 0 saturated heterocycles. The number of unbranched alkanes of at least 4 members (excludes halogenated alkanes) is 1. The van der Waals surface area contributed by atoms with Crippen LogP contribution < -0.4 is 5.32 Å². The first-order valence-corrected chi connectivity index (χ1v) is 5.54. The van der Waals surface area contributed by atoms with Crippen molar-refractivity contribution in [1.82, 2.24) is 5.32 Å². The van der Waals surface area contributed by atoms with Gasteiger partial charge in [0.05, 0.1) is 13.7 Å². The summed E-state index contributed by atoms with van der Waals surface area (Å²) in [6, 6.07) is -0.654. The van der Waals surface area contributed by atoms with Crippen LogP contribution in [-0.4, -0.2) is 31.8 Å². The molecule has 0 aromatic rings. The second-order valence-electron chi connectivity index (χ2n) is 3.88. The average molecular weight is 231 g/mol. The van der Waals surface area contributed by atoms with E-state index >= 15 is 0 Å². The molecule has 5 heteroatoms. The molecule has 5 nitrogen and oxygen atoms in total. The number of hydrogen-bond donors (Lipinski definition) is 1. The molecular formula is C11H21NO4. The molecule has 0 saturated carbocycles. The van der Waals surface area contributed by atoms with Crippen molar-refractivity contribution in [2.45, 2.75) is 39.7 Å². The lowest BCUT2D eigenvalue weighted by molar-refractivity contribution is -0.144. The van der Waals surface area contributed by atoms with Crippen molar-refractivity contribution in [2.24, 2.45) is 5.92 Å². The number of methoxy groups -OCH3 is 1. The molecule has 1 amide bonds. The molecule has 0 aromatic carbocycles. The summed E-state index contributed by atoms with van der Waals surface area (Å²) in [5.74, 6) is -0.492. The Kier molecular flexibility index (Phi) is 7.33. The maximum atomic E-state index is 11.3. The third-order valence-corrected chi connectivity index (χ3v) is 2.13. The Morgan fingerprint density at radius 3 is 2.38 bits per heavy atom. The van der Waals surface area contributed by atoms with Gasteiger partial charge in [0, 0.05) is 0 Å². The molecule has 0 aromatic heterocycles. The second-order valence-corrected chi connectivity index (χ2v) is 3.88. The minimum atomic E-state index is -0.654. The summed E-state index contributed by atoms with van der Waals surface area (Å²) in [5, 5.41) is 2.49. The lowest BCUT2D eigenvalue weighted by Crippen LogP contribution is -2.45. The number of alkyl carbamates (subject to hydrolysis) is 1. The molecular weight excluding hydrogens is 210 g/mol. The van der Waals surface area contributed by atoms with Gasteiger partial charge in [-0.3, -0.25) is 0 Å². The van der Waals surface area contributed by atoms with E-state index in [2.05, 4.69) is 10.1 Å². The number of hydrogen-bond acceptors (Lipinski definition) is 4. The average Bonchev–Trinajstić information content (AvgIpc) is 2.25. The van der Waals surface area contributed by atoms with E-state index in [1.54, 1.807) is 0 Å². The molecule has 0 aliphatic carbocycles. The van der Waals surface area contributed by atoms with Crippen molar-refractivity contribution in [2.75, 3.05) is 13.7 Å². The molecule has 0 aliphatic heterocycles. The monoisotopic (exact) mass is 231 g/mol. The van der Waals surface area contributed by atoms with Gasteiger partial charge in [0.25, 0.3) is 0 Å². The number of esters is 1. The van der Waals surface area contributed by atoms with Gasteiger partial charge >= 0.3 is 12.1 Å². The van der Waals surface area contributed by atoms with Crippen molar-refractivity contribution in [3.8, 4) is 0 Å². The van der Waals surface area contributed by atoms with E-state index in [0.717, 1.165) is 12.8 Å². The van der Waals surface area contributed by atoms with E-state index in [0.29, 0.717) is 6.61 Å². The fraction of sp³-hybridized carbons (Fsp3) is 0.818. The van der Waals surface area contributed by atoms with Crippen molar-refractivity contribution in [1.29, 1.82) is 0 Å². The number of amides is 1. The highest BCUT2D eigenvalue weighted by molar-refractivity contribution is 5.81. The van der Waals surface area contributed by atoms with E-state index in [-0.39, 0.29) is 5.92 Å². The molecule has 1 atom stereocenters. The summed E-state index contributed by atoms with van der Waals surface area (Å²) in [7, 11) is 1.29. The van der Waals surface area contributed by atoms with Gasteiger partial charge in [-0.05, 0) is 12.3 Å². The molecule has 1 unspecified atom stereocenters. The van der Waals surface area contributed by atoms with Crippen molar-refractivity contribution in [3.63, 3.8) is 0 Å². The second kappa shape index (κ2) is 7.96. The van der Waals surface area contributed by atoms with E-state index < -0.39 is 18.1 Å². The zero-order chi connectivity index (χ0) is 12.6. The normalized spacial score (nSPS) is 12.1. The van der Waals surface area contributed by atoms with Crippen molar-refractivity contribution in [3.05, 3.63) is 0 Å². The van der Waals surface area contributed by atoms with Gasteiger partial charge in [-0.2, -0.15) is 0 Å². The van der Waals surface area contributed by atoms with Crippen LogP contribution in [-0.2, 0) is 14.3 Å². The lowest BCUT2D eigenvalue weighted by Gasteiger charge is -2.19. The lowest BCUT2D eigenvalue weighted by atomic mass is 10.1. The summed E-state index contributed by atoms with van der Waals surface area (Å²) in [6.45, 7) is 6.03. The van der Waals surface area contributed by atoms with E-state index in [9.17, 15) is 9.59 Å². The smallest absolute Gasteiger partial charge is 0.407 e. The topological polar surface area (TPSA) is 64.6 Å². The molecule has 94 valence electrons. The van der Waals surface area contributed by atoms with Crippen LogP contribution in [0.3, 0.4) is 0 Å².